The number of esters is 1. The van der Waals surface area contributed by atoms with Crippen LogP contribution in [0.4, 0.5) is 0 Å². The third-order valence-electron chi connectivity index (χ3n) is 2.95. The Balaban J connectivity index is 4.16. The van der Waals surface area contributed by atoms with E-state index in [1.165, 1.54) is 0 Å². The lowest BCUT2D eigenvalue weighted by atomic mass is 10.1. The molecule has 0 aliphatic rings. The van der Waals surface area contributed by atoms with Crippen molar-refractivity contribution < 1.29 is 19.4 Å². The van der Waals surface area contributed by atoms with Crippen LogP contribution < -0.4 is 0 Å². The number of aliphatic carboxylic acids is 1. The van der Waals surface area contributed by atoms with Crippen molar-refractivity contribution in [2.75, 3.05) is 6.61 Å². The van der Waals surface area contributed by atoms with Gasteiger partial charge < -0.3 is 9.84 Å². The first-order valence-electron chi connectivity index (χ1n) is 6.22. The summed E-state index contributed by atoms with van der Waals surface area (Å²) in [6.45, 7) is 11.7. The van der Waals surface area contributed by atoms with Crippen LogP contribution in [0.25, 0.3) is 0 Å². The van der Waals surface area contributed by atoms with E-state index >= 15 is 0 Å². The summed E-state index contributed by atoms with van der Waals surface area (Å²) in [6, 6.07) is 0. The van der Waals surface area contributed by atoms with Gasteiger partial charge in [-0.1, -0.05) is 33.5 Å². The average Bonchev–Trinajstić information content (AvgIpc) is 2.18. The summed E-state index contributed by atoms with van der Waals surface area (Å²) in [4.78, 5) is 21.4. The Morgan fingerprint density at radius 1 is 1.22 bits per heavy atom. The van der Waals surface area contributed by atoms with Crippen LogP contribution in [0.3, 0.4) is 0 Å². The molecule has 0 aromatic heterocycles. The van der Waals surface area contributed by atoms with Crippen LogP contribution in [0.1, 0.15) is 20.3 Å². The molecule has 18 heavy (non-hydrogen) atoms. The fourth-order valence-electron chi connectivity index (χ4n) is 2.24. The number of ether oxygens (including phenoxy) is 1. The molecular formula is C13H24O4Si. The van der Waals surface area contributed by atoms with E-state index in [1.54, 1.807) is 0 Å². The van der Waals surface area contributed by atoms with Gasteiger partial charge in [-0.25, -0.2) is 9.59 Å². The zero-order valence-corrected chi connectivity index (χ0v) is 12.9. The highest BCUT2D eigenvalue weighted by Crippen LogP contribution is 2.32. The molecule has 0 aromatic carbocycles. The summed E-state index contributed by atoms with van der Waals surface area (Å²) in [5.74, 6) is -1.16. The van der Waals surface area contributed by atoms with Gasteiger partial charge in [0.25, 0.3) is 0 Å². The normalized spacial score (nSPS) is 13.9. The Hall–Kier alpha value is -1.10. The molecule has 5 heteroatoms. The SMILES string of the molecule is CC(C)C(CCOC(=O)/C=C/C(=O)O)[Si](C)(C)C. The Morgan fingerprint density at radius 2 is 1.78 bits per heavy atom. The Kier molecular flexibility index (Phi) is 6.91. The maximum atomic E-state index is 11.2. The lowest BCUT2D eigenvalue weighted by Gasteiger charge is -2.32. The maximum Gasteiger partial charge on any atom is 0.331 e. The Bertz CT molecular complexity index is 315. The standard InChI is InChI=1S/C13H24O4Si/c1-10(2)11(18(3,4)5)8-9-17-13(16)7-6-12(14)15/h6-7,10-11H,8-9H2,1-5H3,(H,14,15)/b7-6+. The van der Waals surface area contributed by atoms with E-state index in [1.807, 2.05) is 0 Å². The zero-order valence-electron chi connectivity index (χ0n) is 11.9. The van der Waals surface area contributed by atoms with Crippen molar-refractivity contribution in [2.24, 2.45) is 5.92 Å². The van der Waals surface area contributed by atoms with Crippen molar-refractivity contribution in [3.05, 3.63) is 12.2 Å². The minimum Gasteiger partial charge on any atom is -0.478 e. The molecule has 0 aromatic rings. The van der Waals surface area contributed by atoms with E-state index in [-0.39, 0.29) is 0 Å². The summed E-state index contributed by atoms with van der Waals surface area (Å²) in [7, 11) is -1.26. The molecule has 1 atom stereocenters. The van der Waals surface area contributed by atoms with Gasteiger partial charge in [0.2, 0.25) is 0 Å². The third-order valence-corrected chi connectivity index (χ3v) is 6.13. The molecule has 0 aliphatic carbocycles. The number of rotatable bonds is 7. The number of carbonyl (C=O) groups excluding carboxylic acids is 1. The molecule has 0 saturated heterocycles. The van der Waals surface area contributed by atoms with Gasteiger partial charge in [-0.3, -0.25) is 0 Å². The van der Waals surface area contributed by atoms with Crippen molar-refractivity contribution >= 4 is 20.0 Å². The number of carboxylic acids is 1. The first-order valence-corrected chi connectivity index (χ1v) is 9.80. The van der Waals surface area contributed by atoms with E-state index in [9.17, 15) is 9.59 Å². The summed E-state index contributed by atoms with van der Waals surface area (Å²) in [5.41, 5.74) is 0.591. The molecule has 0 spiro atoms. The van der Waals surface area contributed by atoms with Gasteiger partial charge in [0.1, 0.15) is 0 Å². The molecule has 4 nitrogen and oxygen atoms in total. The first kappa shape index (κ1) is 16.9. The molecule has 1 N–H and O–H groups in total. The molecule has 0 amide bonds. The van der Waals surface area contributed by atoms with Crippen molar-refractivity contribution in [3.8, 4) is 0 Å². The van der Waals surface area contributed by atoms with Crippen LogP contribution in [-0.2, 0) is 14.3 Å². The second kappa shape index (κ2) is 7.36. The molecule has 0 rings (SSSR count). The van der Waals surface area contributed by atoms with Crippen LogP contribution in [-0.4, -0.2) is 31.7 Å². The fraction of sp³-hybridized carbons (Fsp3) is 0.692. The number of hydrogen-bond donors (Lipinski definition) is 1. The maximum absolute atomic E-state index is 11.2. The Morgan fingerprint density at radius 3 is 2.17 bits per heavy atom. The van der Waals surface area contributed by atoms with Gasteiger partial charge in [0, 0.05) is 20.2 Å². The lowest BCUT2D eigenvalue weighted by molar-refractivity contribution is -0.138. The van der Waals surface area contributed by atoms with Gasteiger partial charge in [0.15, 0.2) is 0 Å². The van der Waals surface area contributed by atoms with E-state index < -0.39 is 20.0 Å². The molecule has 104 valence electrons. The number of hydrogen-bond acceptors (Lipinski definition) is 3. The minimum atomic E-state index is -1.26. The Labute approximate surface area is 110 Å². The van der Waals surface area contributed by atoms with Crippen LogP contribution in [0.2, 0.25) is 25.2 Å². The van der Waals surface area contributed by atoms with Crippen LogP contribution in [0.5, 0.6) is 0 Å². The monoisotopic (exact) mass is 272 g/mol. The molecular weight excluding hydrogens is 248 g/mol. The predicted octanol–water partition coefficient (Wildman–Crippen LogP) is 2.92. The first-order chi connectivity index (χ1) is 8.14. The van der Waals surface area contributed by atoms with Gasteiger partial charge in [0.05, 0.1) is 6.61 Å². The molecule has 0 saturated carbocycles. The van der Waals surface area contributed by atoms with Crippen molar-refractivity contribution in [3.63, 3.8) is 0 Å². The number of carboxylic acid groups (broad SMARTS) is 1. The quantitative estimate of drug-likeness (QED) is 0.440. The molecule has 0 radical (unpaired) electrons. The predicted molar refractivity (Wildman–Crippen MR) is 74.3 cm³/mol. The van der Waals surface area contributed by atoms with Crippen molar-refractivity contribution in [1.29, 1.82) is 0 Å². The van der Waals surface area contributed by atoms with E-state index in [0.717, 1.165) is 18.6 Å². The van der Waals surface area contributed by atoms with E-state index in [4.69, 9.17) is 9.84 Å². The van der Waals surface area contributed by atoms with Crippen LogP contribution in [0, 0.1) is 5.92 Å². The lowest BCUT2D eigenvalue weighted by Crippen LogP contribution is -2.32. The van der Waals surface area contributed by atoms with Crippen molar-refractivity contribution in [1.82, 2.24) is 0 Å². The van der Waals surface area contributed by atoms with Crippen molar-refractivity contribution in [2.45, 2.75) is 45.5 Å². The molecule has 0 fully saturated rings. The highest BCUT2D eigenvalue weighted by Gasteiger charge is 2.28. The summed E-state index contributed by atoms with van der Waals surface area (Å²) in [5, 5.41) is 8.37. The van der Waals surface area contributed by atoms with Gasteiger partial charge in [-0.05, 0) is 17.9 Å². The smallest absolute Gasteiger partial charge is 0.331 e. The average molecular weight is 272 g/mol. The summed E-state index contributed by atoms with van der Waals surface area (Å²) < 4.78 is 5.00. The van der Waals surface area contributed by atoms with Crippen LogP contribution in [0.15, 0.2) is 12.2 Å². The zero-order chi connectivity index (χ0) is 14.3. The highest BCUT2D eigenvalue weighted by atomic mass is 28.3. The minimum absolute atomic E-state index is 0.357. The molecule has 0 aliphatic heterocycles. The van der Waals surface area contributed by atoms with Gasteiger partial charge in [-0.2, -0.15) is 0 Å². The van der Waals surface area contributed by atoms with Crippen LogP contribution >= 0.6 is 0 Å². The largest absolute Gasteiger partial charge is 0.478 e. The second-order valence-electron chi connectivity index (χ2n) is 5.84. The second-order valence-corrected chi connectivity index (χ2v) is 11.3. The van der Waals surface area contributed by atoms with Gasteiger partial charge in [-0.15, -0.1) is 0 Å². The van der Waals surface area contributed by atoms with E-state index in [0.29, 0.717) is 18.1 Å². The highest BCUT2D eigenvalue weighted by molar-refractivity contribution is 6.77. The topological polar surface area (TPSA) is 63.6 Å². The summed E-state index contributed by atoms with van der Waals surface area (Å²) in [6.07, 6.45) is 2.59. The summed E-state index contributed by atoms with van der Waals surface area (Å²) >= 11 is 0. The van der Waals surface area contributed by atoms with Gasteiger partial charge >= 0.3 is 11.9 Å². The fourth-order valence-corrected chi connectivity index (χ4v) is 5.22. The molecule has 1 unspecified atom stereocenters. The molecule has 0 heterocycles. The third kappa shape index (κ3) is 7.27. The molecule has 0 bridgehead atoms. The van der Waals surface area contributed by atoms with E-state index in [2.05, 4.69) is 33.5 Å². The number of carbonyl (C=O) groups is 2.